The minimum atomic E-state index is -0.950. The number of carboxylic acid groups (broad SMARTS) is 1. The lowest BCUT2D eigenvalue weighted by molar-refractivity contribution is 0.0697. The molecule has 3 heteroatoms. The zero-order valence-corrected chi connectivity index (χ0v) is 9.77. The van der Waals surface area contributed by atoms with Crippen LogP contribution in [0.2, 0.25) is 0 Å². The van der Waals surface area contributed by atoms with Crippen LogP contribution >= 0.6 is 0 Å². The molecule has 0 aliphatic rings. The highest BCUT2D eigenvalue weighted by atomic mass is 16.4. The van der Waals surface area contributed by atoms with Gasteiger partial charge in [-0.05, 0) is 31.0 Å². The van der Waals surface area contributed by atoms with E-state index in [9.17, 15) is 4.79 Å². The van der Waals surface area contributed by atoms with Gasteiger partial charge in [0.2, 0.25) is 0 Å². The normalized spacial score (nSPS) is 10.2. The highest BCUT2D eigenvalue weighted by molar-refractivity contribution is 5.95. The Morgan fingerprint density at radius 1 is 1.24 bits per heavy atom. The smallest absolute Gasteiger partial charge is 0.337 e. The molecule has 0 aliphatic carbocycles. The van der Waals surface area contributed by atoms with Gasteiger partial charge in [-0.1, -0.05) is 29.8 Å². The van der Waals surface area contributed by atoms with E-state index in [-0.39, 0.29) is 5.56 Å². The number of benzene rings is 1. The standard InChI is InChI=1S/C14H13NO2/c1-9-4-3-5-11(6-9)12-7-10(2)15-8-13(12)14(16)17/h3-8H,1-2H3,(H,16,17). The first-order valence-electron chi connectivity index (χ1n) is 5.35. The third-order valence-corrected chi connectivity index (χ3v) is 2.60. The fourth-order valence-electron chi connectivity index (χ4n) is 1.78. The number of aromatic nitrogens is 1. The molecule has 86 valence electrons. The van der Waals surface area contributed by atoms with Gasteiger partial charge in [0.15, 0.2) is 0 Å². The molecule has 0 radical (unpaired) electrons. The van der Waals surface area contributed by atoms with E-state index in [0.29, 0.717) is 5.56 Å². The summed E-state index contributed by atoms with van der Waals surface area (Å²) in [6.45, 7) is 3.84. The maximum atomic E-state index is 11.2. The average molecular weight is 227 g/mol. The van der Waals surface area contributed by atoms with Gasteiger partial charge >= 0.3 is 5.97 Å². The van der Waals surface area contributed by atoms with Crippen LogP contribution in [0.3, 0.4) is 0 Å². The molecule has 3 nitrogen and oxygen atoms in total. The topological polar surface area (TPSA) is 50.2 Å². The van der Waals surface area contributed by atoms with Gasteiger partial charge in [0.25, 0.3) is 0 Å². The lowest BCUT2D eigenvalue weighted by Gasteiger charge is -2.07. The highest BCUT2D eigenvalue weighted by Crippen LogP contribution is 2.24. The van der Waals surface area contributed by atoms with Gasteiger partial charge in [-0.2, -0.15) is 0 Å². The van der Waals surface area contributed by atoms with Gasteiger partial charge in [0.1, 0.15) is 0 Å². The van der Waals surface area contributed by atoms with Gasteiger partial charge in [0, 0.05) is 11.9 Å². The van der Waals surface area contributed by atoms with Crippen molar-refractivity contribution in [1.29, 1.82) is 0 Å². The monoisotopic (exact) mass is 227 g/mol. The minimum absolute atomic E-state index is 0.237. The summed E-state index contributed by atoms with van der Waals surface area (Å²) in [5.74, 6) is -0.950. The first-order chi connectivity index (χ1) is 8.08. The SMILES string of the molecule is Cc1cccc(-c2cc(C)ncc2C(=O)O)c1. The van der Waals surface area contributed by atoms with E-state index in [4.69, 9.17) is 5.11 Å². The minimum Gasteiger partial charge on any atom is -0.478 e. The first-order valence-corrected chi connectivity index (χ1v) is 5.35. The van der Waals surface area contributed by atoms with E-state index in [1.165, 1.54) is 6.20 Å². The second-order valence-electron chi connectivity index (χ2n) is 4.05. The molecule has 0 spiro atoms. The Kier molecular flexibility index (Phi) is 2.91. The van der Waals surface area contributed by atoms with Gasteiger partial charge in [-0.3, -0.25) is 4.98 Å². The van der Waals surface area contributed by atoms with E-state index in [2.05, 4.69) is 4.98 Å². The molecule has 0 saturated heterocycles. The number of pyridine rings is 1. The summed E-state index contributed by atoms with van der Waals surface area (Å²) < 4.78 is 0. The Bertz CT molecular complexity index is 576. The van der Waals surface area contributed by atoms with Crippen LogP contribution in [0.4, 0.5) is 0 Å². The summed E-state index contributed by atoms with van der Waals surface area (Å²) in [5, 5.41) is 9.15. The molecule has 1 aromatic carbocycles. The molecule has 0 saturated carbocycles. The fraction of sp³-hybridized carbons (Fsp3) is 0.143. The summed E-state index contributed by atoms with van der Waals surface area (Å²) in [5.41, 5.74) is 3.78. The number of carbonyl (C=O) groups is 1. The van der Waals surface area contributed by atoms with Crippen molar-refractivity contribution in [3.63, 3.8) is 0 Å². The zero-order valence-electron chi connectivity index (χ0n) is 9.77. The van der Waals surface area contributed by atoms with E-state index in [0.717, 1.165) is 16.8 Å². The predicted molar refractivity (Wildman–Crippen MR) is 66.1 cm³/mol. The van der Waals surface area contributed by atoms with Crippen LogP contribution < -0.4 is 0 Å². The number of aryl methyl sites for hydroxylation is 2. The second-order valence-corrected chi connectivity index (χ2v) is 4.05. The Morgan fingerprint density at radius 2 is 2.00 bits per heavy atom. The van der Waals surface area contributed by atoms with Gasteiger partial charge in [-0.25, -0.2) is 4.79 Å². The summed E-state index contributed by atoms with van der Waals surface area (Å²) >= 11 is 0. The van der Waals surface area contributed by atoms with E-state index >= 15 is 0 Å². The molecule has 1 aromatic heterocycles. The summed E-state index contributed by atoms with van der Waals surface area (Å²) in [6, 6.07) is 9.59. The number of nitrogens with zero attached hydrogens (tertiary/aromatic N) is 1. The third-order valence-electron chi connectivity index (χ3n) is 2.60. The van der Waals surface area contributed by atoms with Crippen LogP contribution in [0.25, 0.3) is 11.1 Å². The highest BCUT2D eigenvalue weighted by Gasteiger charge is 2.12. The number of hydrogen-bond acceptors (Lipinski definition) is 2. The molecule has 1 heterocycles. The van der Waals surface area contributed by atoms with Crippen molar-refractivity contribution >= 4 is 5.97 Å². The molecule has 2 rings (SSSR count). The fourth-order valence-corrected chi connectivity index (χ4v) is 1.78. The van der Waals surface area contributed by atoms with Crippen LogP contribution in [0.1, 0.15) is 21.6 Å². The molecule has 0 atom stereocenters. The van der Waals surface area contributed by atoms with Crippen molar-refractivity contribution in [1.82, 2.24) is 4.98 Å². The Hall–Kier alpha value is -2.16. The van der Waals surface area contributed by atoms with Crippen LogP contribution in [-0.4, -0.2) is 16.1 Å². The molecule has 1 N–H and O–H groups in total. The molecule has 0 fully saturated rings. The average Bonchev–Trinajstić information content (AvgIpc) is 2.28. The quantitative estimate of drug-likeness (QED) is 0.857. The second kappa shape index (κ2) is 4.37. The number of aromatic carboxylic acids is 1. The number of carboxylic acids is 1. The first kappa shape index (κ1) is 11.3. The van der Waals surface area contributed by atoms with Crippen LogP contribution in [0.15, 0.2) is 36.5 Å². The van der Waals surface area contributed by atoms with Crippen molar-refractivity contribution in [3.05, 3.63) is 53.3 Å². The molecule has 0 amide bonds. The van der Waals surface area contributed by atoms with Gasteiger partial charge < -0.3 is 5.11 Å². The van der Waals surface area contributed by atoms with Crippen molar-refractivity contribution in [2.24, 2.45) is 0 Å². The number of hydrogen-bond donors (Lipinski definition) is 1. The largest absolute Gasteiger partial charge is 0.478 e. The Morgan fingerprint density at radius 3 is 2.65 bits per heavy atom. The summed E-state index contributed by atoms with van der Waals surface area (Å²) in [7, 11) is 0. The van der Waals surface area contributed by atoms with E-state index in [1.54, 1.807) is 6.07 Å². The van der Waals surface area contributed by atoms with Crippen molar-refractivity contribution in [2.75, 3.05) is 0 Å². The van der Waals surface area contributed by atoms with E-state index in [1.807, 2.05) is 38.1 Å². The molecular weight excluding hydrogens is 214 g/mol. The lowest BCUT2D eigenvalue weighted by Crippen LogP contribution is -2.01. The maximum absolute atomic E-state index is 11.2. The molecule has 2 aromatic rings. The van der Waals surface area contributed by atoms with Crippen molar-refractivity contribution in [2.45, 2.75) is 13.8 Å². The summed E-state index contributed by atoms with van der Waals surface area (Å²) in [4.78, 5) is 15.2. The predicted octanol–water partition coefficient (Wildman–Crippen LogP) is 3.06. The zero-order chi connectivity index (χ0) is 12.4. The number of rotatable bonds is 2. The molecule has 0 unspecified atom stereocenters. The third kappa shape index (κ3) is 2.33. The maximum Gasteiger partial charge on any atom is 0.337 e. The van der Waals surface area contributed by atoms with Crippen molar-refractivity contribution < 1.29 is 9.90 Å². The van der Waals surface area contributed by atoms with Gasteiger partial charge in [-0.15, -0.1) is 0 Å². The van der Waals surface area contributed by atoms with E-state index < -0.39 is 5.97 Å². The van der Waals surface area contributed by atoms with Crippen LogP contribution in [-0.2, 0) is 0 Å². The lowest BCUT2D eigenvalue weighted by atomic mass is 9.99. The molecule has 0 aliphatic heterocycles. The Labute approximate surface area is 99.8 Å². The van der Waals surface area contributed by atoms with Gasteiger partial charge in [0.05, 0.1) is 5.56 Å². The summed E-state index contributed by atoms with van der Waals surface area (Å²) in [6.07, 6.45) is 1.41. The van der Waals surface area contributed by atoms with Crippen LogP contribution in [0, 0.1) is 13.8 Å². The molecule has 0 bridgehead atoms. The molecule has 17 heavy (non-hydrogen) atoms. The Balaban J connectivity index is 2.65. The van der Waals surface area contributed by atoms with Crippen LogP contribution in [0.5, 0.6) is 0 Å². The van der Waals surface area contributed by atoms with Crippen molar-refractivity contribution in [3.8, 4) is 11.1 Å². The molecular formula is C14H13NO2.